The van der Waals surface area contributed by atoms with Crippen molar-refractivity contribution in [2.75, 3.05) is 30.3 Å². The number of rotatable bonds is 14. The first-order valence-corrected chi connectivity index (χ1v) is 14.8. The van der Waals surface area contributed by atoms with Crippen molar-refractivity contribution >= 4 is 50.7 Å². The molecule has 0 saturated carbocycles. The highest BCUT2D eigenvalue weighted by molar-refractivity contribution is 7.92. The van der Waals surface area contributed by atoms with Crippen molar-refractivity contribution in [2.24, 2.45) is 0 Å². The van der Waals surface area contributed by atoms with Crippen LogP contribution in [0.2, 0.25) is 10.0 Å². The first kappa shape index (κ1) is 30.7. The largest absolute Gasteiger partial charge is 0.494 e. The molecule has 2 rings (SSSR count). The molecule has 0 aromatic heterocycles. The van der Waals surface area contributed by atoms with E-state index in [-0.39, 0.29) is 37.7 Å². The number of benzene rings is 2. The standard InChI is InChI=1S/C26H35Cl2N3O5S/c1-5-24(26(33)29-6-2)30(18-21-22(27)10-8-11-23(21)28)25(32)12-9-17-31(37(4,34)35)19-13-15-20(16-14-19)36-7-3/h8,10-11,13-16,24H,5-7,9,12,17-18H2,1-4H3,(H,29,33)/t24-/m1/s1. The lowest BCUT2D eigenvalue weighted by molar-refractivity contribution is -0.141. The molecule has 2 amide bonds. The molecule has 0 radical (unpaired) electrons. The topological polar surface area (TPSA) is 96.0 Å². The molecular formula is C26H35Cl2N3O5S. The van der Waals surface area contributed by atoms with Gasteiger partial charge in [-0.1, -0.05) is 36.2 Å². The van der Waals surface area contributed by atoms with Gasteiger partial charge in [0.2, 0.25) is 21.8 Å². The predicted octanol–water partition coefficient (Wildman–Crippen LogP) is 4.88. The number of hydrogen-bond donors (Lipinski definition) is 1. The van der Waals surface area contributed by atoms with Crippen LogP contribution in [-0.4, -0.2) is 57.1 Å². The first-order chi connectivity index (χ1) is 17.5. The normalized spacial score (nSPS) is 12.1. The number of nitrogens with zero attached hydrogens (tertiary/aromatic N) is 2. The second-order valence-electron chi connectivity index (χ2n) is 8.41. The second-order valence-corrected chi connectivity index (χ2v) is 11.1. The Bertz CT molecular complexity index is 1140. The molecule has 0 unspecified atom stereocenters. The zero-order chi connectivity index (χ0) is 27.6. The van der Waals surface area contributed by atoms with E-state index in [0.29, 0.717) is 46.6 Å². The fourth-order valence-corrected chi connectivity index (χ4v) is 5.43. The number of carbonyl (C=O) groups is 2. The molecule has 2 aromatic carbocycles. The van der Waals surface area contributed by atoms with Gasteiger partial charge in [0.15, 0.2) is 0 Å². The summed E-state index contributed by atoms with van der Waals surface area (Å²) in [5.41, 5.74) is 1.03. The van der Waals surface area contributed by atoms with Crippen LogP contribution >= 0.6 is 23.2 Å². The van der Waals surface area contributed by atoms with Crippen LogP contribution in [-0.2, 0) is 26.2 Å². The molecule has 1 atom stereocenters. The molecule has 0 bridgehead atoms. The minimum absolute atomic E-state index is 0.0288. The van der Waals surface area contributed by atoms with Gasteiger partial charge in [0.1, 0.15) is 11.8 Å². The summed E-state index contributed by atoms with van der Waals surface area (Å²) in [4.78, 5) is 27.7. The van der Waals surface area contributed by atoms with Crippen LogP contribution < -0.4 is 14.4 Å². The number of hydrogen-bond acceptors (Lipinski definition) is 5. The van der Waals surface area contributed by atoms with E-state index in [9.17, 15) is 18.0 Å². The number of ether oxygens (including phenoxy) is 1. The fraction of sp³-hybridized carbons (Fsp3) is 0.462. The van der Waals surface area contributed by atoms with Crippen molar-refractivity contribution in [2.45, 2.75) is 52.6 Å². The van der Waals surface area contributed by atoms with E-state index < -0.39 is 16.1 Å². The number of anilines is 1. The quantitative estimate of drug-likeness (QED) is 0.348. The van der Waals surface area contributed by atoms with Gasteiger partial charge >= 0.3 is 0 Å². The van der Waals surface area contributed by atoms with E-state index in [4.69, 9.17) is 27.9 Å². The van der Waals surface area contributed by atoms with Gasteiger partial charge in [0.05, 0.1) is 18.6 Å². The van der Waals surface area contributed by atoms with Crippen LogP contribution in [0.15, 0.2) is 42.5 Å². The number of amides is 2. The third-order valence-electron chi connectivity index (χ3n) is 5.71. The maximum Gasteiger partial charge on any atom is 0.242 e. The second kappa shape index (κ2) is 14.4. The minimum atomic E-state index is -3.59. The van der Waals surface area contributed by atoms with Gasteiger partial charge < -0.3 is 15.0 Å². The Hall–Kier alpha value is -2.49. The van der Waals surface area contributed by atoms with Crippen LogP contribution in [0.1, 0.15) is 45.6 Å². The van der Waals surface area contributed by atoms with Gasteiger partial charge in [0, 0.05) is 41.7 Å². The van der Waals surface area contributed by atoms with E-state index in [2.05, 4.69) is 5.32 Å². The molecule has 1 N–H and O–H groups in total. The SMILES string of the molecule is CCNC(=O)[C@@H](CC)N(Cc1c(Cl)cccc1Cl)C(=O)CCCN(c1ccc(OCC)cc1)S(C)(=O)=O. The maximum atomic E-state index is 13.4. The predicted molar refractivity (Wildman–Crippen MR) is 149 cm³/mol. The number of nitrogens with one attached hydrogen (secondary N) is 1. The summed E-state index contributed by atoms with van der Waals surface area (Å²) in [6.07, 6.45) is 1.79. The highest BCUT2D eigenvalue weighted by Gasteiger charge is 2.29. The Labute approximate surface area is 229 Å². The molecule has 0 aliphatic rings. The molecular weight excluding hydrogens is 537 g/mol. The Balaban J connectivity index is 2.23. The first-order valence-electron chi connectivity index (χ1n) is 12.2. The zero-order valence-electron chi connectivity index (χ0n) is 21.7. The van der Waals surface area contributed by atoms with Crippen LogP contribution in [0, 0.1) is 0 Å². The molecule has 11 heteroatoms. The minimum Gasteiger partial charge on any atom is -0.494 e. The van der Waals surface area contributed by atoms with Crippen molar-refractivity contribution in [3.8, 4) is 5.75 Å². The summed E-state index contributed by atoms with van der Waals surface area (Å²) in [5.74, 6) is 0.0719. The fourth-order valence-electron chi connectivity index (χ4n) is 3.94. The van der Waals surface area contributed by atoms with Crippen LogP contribution in [0.3, 0.4) is 0 Å². The van der Waals surface area contributed by atoms with Crippen molar-refractivity contribution in [1.29, 1.82) is 0 Å². The number of sulfonamides is 1. The third kappa shape index (κ3) is 8.79. The van der Waals surface area contributed by atoms with Gasteiger partial charge in [-0.3, -0.25) is 13.9 Å². The van der Waals surface area contributed by atoms with E-state index in [1.165, 1.54) is 9.21 Å². The molecule has 0 spiro atoms. The molecule has 204 valence electrons. The third-order valence-corrected chi connectivity index (χ3v) is 7.62. The summed E-state index contributed by atoms with van der Waals surface area (Å²) < 4.78 is 31.7. The van der Waals surface area contributed by atoms with Gasteiger partial charge in [-0.25, -0.2) is 8.42 Å². The molecule has 2 aromatic rings. The average Bonchev–Trinajstić information content (AvgIpc) is 2.83. The molecule has 0 heterocycles. The maximum absolute atomic E-state index is 13.4. The molecule has 8 nitrogen and oxygen atoms in total. The molecule has 37 heavy (non-hydrogen) atoms. The summed E-state index contributed by atoms with van der Waals surface area (Å²) >= 11 is 12.7. The van der Waals surface area contributed by atoms with Crippen molar-refractivity contribution in [3.05, 3.63) is 58.1 Å². The Morgan fingerprint density at radius 1 is 1.03 bits per heavy atom. The summed E-state index contributed by atoms with van der Waals surface area (Å²) in [6.45, 7) is 6.58. The van der Waals surface area contributed by atoms with Crippen LogP contribution in [0.4, 0.5) is 5.69 Å². The lowest BCUT2D eigenvalue weighted by Gasteiger charge is -2.31. The van der Waals surface area contributed by atoms with Crippen molar-refractivity contribution in [1.82, 2.24) is 10.2 Å². The van der Waals surface area contributed by atoms with Gasteiger partial charge in [0.25, 0.3) is 0 Å². The number of halogens is 2. The molecule has 0 aliphatic heterocycles. The molecule has 0 aliphatic carbocycles. The highest BCUT2D eigenvalue weighted by Crippen LogP contribution is 2.28. The van der Waals surface area contributed by atoms with E-state index >= 15 is 0 Å². The van der Waals surface area contributed by atoms with E-state index in [0.717, 1.165) is 6.26 Å². The lowest BCUT2D eigenvalue weighted by atomic mass is 10.1. The molecule has 0 fully saturated rings. The Kier molecular flexibility index (Phi) is 12.0. The van der Waals surface area contributed by atoms with Crippen LogP contribution in [0.5, 0.6) is 5.75 Å². The Morgan fingerprint density at radius 3 is 2.16 bits per heavy atom. The summed E-state index contributed by atoms with van der Waals surface area (Å²) in [6, 6.07) is 11.1. The number of carbonyl (C=O) groups excluding carboxylic acids is 2. The van der Waals surface area contributed by atoms with Gasteiger partial charge in [-0.15, -0.1) is 0 Å². The molecule has 0 saturated heterocycles. The monoisotopic (exact) mass is 571 g/mol. The Morgan fingerprint density at radius 2 is 1.65 bits per heavy atom. The average molecular weight is 573 g/mol. The van der Waals surface area contributed by atoms with E-state index in [1.807, 2.05) is 20.8 Å². The number of likely N-dealkylation sites (N-methyl/N-ethyl adjacent to an activating group) is 1. The summed E-state index contributed by atoms with van der Waals surface area (Å²) in [7, 11) is -3.59. The highest BCUT2D eigenvalue weighted by atomic mass is 35.5. The van der Waals surface area contributed by atoms with Crippen LogP contribution in [0.25, 0.3) is 0 Å². The summed E-state index contributed by atoms with van der Waals surface area (Å²) in [5, 5.41) is 3.58. The van der Waals surface area contributed by atoms with Crippen molar-refractivity contribution in [3.63, 3.8) is 0 Å². The van der Waals surface area contributed by atoms with Gasteiger partial charge in [-0.2, -0.15) is 0 Å². The van der Waals surface area contributed by atoms with Crippen molar-refractivity contribution < 1.29 is 22.7 Å². The lowest BCUT2D eigenvalue weighted by Crippen LogP contribution is -2.49. The van der Waals surface area contributed by atoms with E-state index in [1.54, 1.807) is 42.5 Å². The smallest absolute Gasteiger partial charge is 0.242 e. The zero-order valence-corrected chi connectivity index (χ0v) is 24.0. The van der Waals surface area contributed by atoms with Gasteiger partial charge in [-0.05, 0) is 63.1 Å².